The highest BCUT2D eigenvalue weighted by Crippen LogP contribution is 2.28. The van der Waals surface area contributed by atoms with Crippen LogP contribution in [0.3, 0.4) is 0 Å². The van der Waals surface area contributed by atoms with Crippen molar-refractivity contribution in [3.63, 3.8) is 0 Å². The molecule has 104 valence electrons. The standard InChI is InChI=1S/C12H11N3O3S2/c16-20(17,8-10-13-6-7-18-10)12-11(14-15-19-12)9-4-2-1-3-5-9/h1-5H,6-8H2. The number of nitrogens with zero attached hydrogens (tertiary/aromatic N) is 3. The van der Waals surface area contributed by atoms with Crippen molar-refractivity contribution < 1.29 is 13.2 Å². The second-order valence-electron chi connectivity index (χ2n) is 4.16. The second-order valence-corrected chi connectivity index (χ2v) is 7.10. The van der Waals surface area contributed by atoms with E-state index in [1.54, 1.807) is 12.1 Å². The number of sulfone groups is 1. The average molecular weight is 309 g/mol. The number of ether oxygens (including phenoxy) is 1. The van der Waals surface area contributed by atoms with Gasteiger partial charge in [-0.1, -0.05) is 34.8 Å². The summed E-state index contributed by atoms with van der Waals surface area (Å²) < 4.78 is 33.9. The highest BCUT2D eigenvalue weighted by molar-refractivity contribution is 7.94. The second kappa shape index (κ2) is 5.29. The molecule has 1 aromatic carbocycles. The molecule has 0 N–H and O–H groups in total. The van der Waals surface area contributed by atoms with E-state index >= 15 is 0 Å². The highest BCUT2D eigenvalue weighted by Gasteiger charge is 2.27. The summed E-state index contributed by atoms with van der Waals surface area (Å²) in [6.07, 6.45) is 0. The lowest BCUT2D eigenvalue weighted by Gasteiger charge is -2.04. The summed E-state index contributed by atoms with van der Waals surface area (Å²) in [7, 11) is -3.54. The van der Waals surface area contributed by atoms with Crippen molar-refractivity contribution in [2.75, 3.05) is 18.9 Å². The van der Waals surface area contributed by atoms with Crippen LogP contribution in [-0.2, 0) is 14.6 Å². The van der Waals surface area contributed by atoms with Crippen LogP contribution in [0.15, 0.2) is 39.5 Å². The molecule has 1 aliphatic heterocycles. The smallest absolute Gasteiger partial charge is 0.200 e. The van der Waals surface area contributed by atoms with Gasteiger partial charge in [0.1, 0.15) is 18.1 Å². The van der Waals surface area contributed by atoms with Crippen LogP contribution in [0.1, 0.15) is 0 Å². The van der Waals surface area contributed by atoms with Crippen molar-refractivity contribution in [3.05, 3.63) is 30.3 Å². The van der Waals surface area contributed by atoms with Gasteiger partial charge in [0.05, 0.1) is 6.54 Å². The predicted octanol–water partition coefficient (Wildman–Crippen LogP) is 1.41. The number of rotatable bonds is 4. The minimum Gasteiger partial charge on any atom is -0.478 e. The summed E-state index contributed by atoms with van der Waals surface area (Å²) in [4.78, 5) is 4.01. The van der Waals surface area contributed by atoms with Gasteiger partial charge in [-0.3, -0.25) is 4.99 Å². The Hall–Kier alpha value is -1.80. The molecule has 0 fully saturated rings. The minimum absolute atomic E-state index is 0.155. The van der Waals surface area contributed by atoms with Crippen LogP contribution < -0.4 is 0 Å². The molecule has 2 aromatic rings. The Morgan fingerprint density at radius 3 is 2.75 bits per heavy atom. The molecule has 1 aromatic heterocycles. The third-order valence-corrected chi connectivity index (χ3v) is 5.64. The van der Waals surface area contributed by atoms with E-state index in [9.17, 15) is 8.42 Å². The molecular formula is C12H11N3O3S2. The Morgan fingerprint density at radius 2 is 2.05 bits per heavy atom. The molecule has 0 bridgehead atoms. The van der Waals surface area contributed by atoms with E-state index in [2.05, 4.69) is 14.6 Å². The number of benzene rings is 1. The van der Waals surface area contributed by atoms with Crippen molar-refractivity contribution in [2.45, 2.75) is 4.21 Å². The van der Waals surface area contributed by atoms with Crippen molar-refractivity contribution in [1.29, 1.82) is 0 Å². The summed E-state index contributed by atoms with van der Waals surface area (Å²) in [5, 5.41) is 3.94. The number of hydrogen-bond donors (Lipinski definition) is 0. The zero-order valence-corrected chi connectivity index (χ0v) is 12.0. The molecule has 0 unspecified atom stereocenters. The zero-order chi connectivity index (χ0) is 14.0. The molecule has 3 rings (SSSR count). The molecule has 0 aliphatic carbocycles. The van der Waals surface area contributed by atoms with E-state index in [4.69, 9.17) is 4.74 Å². The van der Waals surface area contributed by atoms with Gasteiger partial charge in [-0.2, -0.15) is 0 Å². The van der Waals surface area contributed by atoms with Gasteiger partial charge in [0.25, 0.3) is 0 Å². The number of aromatic nitrogens is 2. The van der Waals surface area contributed by atoms with Crippen molar-refractivity contribution >= 4 is 27.3 Å². The molecule has 0 amide bonds. The largest absolute Gasteiger partial charge is 0.478 e. The molecule has 0 radical (unpaired) electrons. The van der Waals surface area contributed by atoms with E-state index in [0.29, 0.717) is 18.8 Å². The van der Waals surface area contributed by atoms with E-state index < -0.39 is 9.84 Å². The summed E-state index contributed by atoms with van der Waals surface area (Å²) in [5.41, 5.74) is 1.11. The Balaban J connectivity index is 1.97. The summed E-state index contributed by atoms with van der Waals surface area (Å²) in [5.74, 6) is 0.0221. The maximum absolute atomic E-state index is 12.4. The number of aliphatic imine (C=N–C) groups is 1. The Kier molecular flexibility index (Phi) is 3.49. The maximum atomic E-state index is 12.4. The zero-order valence-electron chi connectivity index (χ0n) is 10.4. The van der Waals surface area contributed by atoms with Crippen LogP contribution >= 0.6 is 11.5 Å². The quantitative estimate of drug-likeness (QED) is 0.853. The molecule has 0 saturated heterocycles. The van der Waals surface area contributed by atoms with Gasteiger partial charge in [-0.15, -0.1) is 5.10 Å². The highest BCUT2D eigenvalue weighted by atomic mass is 32.2. The van der Waals surface area contributed by atoms with E-state index in [-0.39, 0.29) is 15.9 Å². The Bertz CT molecular complexity index is 738. The van der Waals surface area contributed by atoms with Gasteiger partial charge in [0.2, 0.25) is 0 Å². The van der Waals surface area contributed by atoms with Gasteiger partial charge in [-0.05, 0) is 0 Å². The first kappa shape index (κ1) is 13.2. The summed E-state index contributed by atoms with van der Waals surface area (Å²) >= 11 is 0.875. The van der Waals surface area contributed by atoms with E-state index in [1.807, 2.05) is 18.2 Å². The van der Waals surface area contributed by atoms with Gasteiger partial charge in [-0.25, -0.2) is 8.42 Å². The Labute approximate surface area is 120 Å². The maximum Gasteiger partial charge on any atom is 0.200 e. The van der Waals surface area contributed by atoms with Crippen LogP contribution in [0.5, 0.6) is 0 Å². The normalized spacial score (nSPS) is 14.9. The topological polar surface area (TPSA) is 81.5 Å². The monoisotopic (exact) mass is 309 g/mol. The lowest BCUT2D eigenvalue weighted by Crippen LogP contribution is -2.16. The van der Waals surface area contributed by atoms with Gasteiger partial charge in [0.15, 0.2) is 19.9 Å². The molecule has 6 nitrogen and oxygen atoms in total. The SMILES string of the molecule is O=S(=O)(CC1=NCCO1)c1snnc1-c1ccccc1. The van der Waals surface area contributed by atoms with Crippen LogP contribution in [0.4, 0.5) is 0 Å². The molecule has 20 heavy (non-hydrogen) atoms. The van der Waals surface area contributed by atoms with Crippen LogP contribution in [0.25, 0.3) is 11.3 Å². The van der Waals surface area contributed by atoms with Crippen molar-refractivity contribution in [3.8, 4) is 11.3 Å². The third-order valence-electron chi connectivity index (χ3n) is 2.75. The van der Waals surface area contributed by atoms with Crippen molar-refractivity contribution in [2.24, 2.45) is 4.99 Å². The first-order valence-corrected chi connectivity index (χ1v) is 8.36. The molecule has 0 spiro atoms. The van der Waals surface area contributed by atoms with Crippen LogP contribution in [0.2, 0.25) is 0 Å². The fourth-order valence-corrected chi connectivity index (χ4v) is 4.11. The lowest BCUT2D eigenvalue weighted by molar-refractivity contribution is 0.345. The first-order valence-electron chi connectivity index (χ1n) is 5.93. The lowest BCUT2D eigenvalue weighted by atomic mass is 10.2. The van der Waals surface area contributed by atoms with Gasteiger partial charge in [0, 0.05) is 17.1 Å². The fourth-order valence-electron chi connectivity index (χ4n) is 1.85. The number of hydrogen-bond acceptors (Lipinski definition) is 7. The molecule has 1 aliphatic rings. The molecular weight excluding hydrogens is 298 g/mol. The molecule has 2 heterocycles. The molecule has 0 saturated carbocycles. The molecule has 0 atom stereocenters. The van der Waals surface area contributed by atoms with Gasteiger partial charge >= 0.3 is 0 Å². The third kappa shape index (κ3) is 2.56. The summed E-state index contributed by atoms with van der Waals surface area (Å²) in [6, 6.07) is 9.13. The predicted molar refractivity (Wildman–Crippen MR) is 75.7 cm³/mol. The van der Waals surface area contributed by atoms with Gasteiger partial charge < -0.3 is 4.74 Å². The fraction of sp³-hybridized carbons (Fsp3) is 0.250. The molecule has 8 heteroatoms. The first-order chi connectivity index (χ1) is 9.67. The summed E-state index contributed by atoms with van der Waals surface area (Å²) in [6.45, 7) is 0.953. The van der Waals surface area contributed by atoms with E-state index in [0.717, 1.165) is 17.1 Å². The average Bonchev–Trinajstić information content (AvgIpc) is 3.09. The van der Waals surface area contributed by atoms with E-state index in [1.165, 1.54) is 0 Å². The van der Waals surface area contributed by atoms with Crippen LogP contribution in [-0.4, -0.2) is 42.8 Å². The Morgan fingerprint density at radius 1 is 1.25 bits per heavy atom. The van der Waals surface area contributed by atoms with Crippen molar-refractivity contribution in [1.82, 2.24) is 9.59 Å². The minimum atomic E-state index is -3.54. The van der Waals surface area contributed by atoms with Crippen LogP contribution in [0, 0.1) is 0 Å².